The molecule has 28 heavy (non-hydrogen) atoms. The number of anilines is 1. The maximum Gasteiger partial charge on any atom is 0.251 e. The number of nitrogens with zero attached hydrogens (tertiary/aromatic N) is 3. The summed E-state index contributed by atoms with van der Waals surface area (Å²) in [6.45, 7) is 2.45. The van der Waals surface area contributed by atoms with Crippen molar-refractivity contribution in [2.75, 3.05) is 25.5 Å². The molecule has 0 aliphatic carbocycles. The van der Waals surface area contributed by atoms with E-state index in [4.69, 9.17) is 0 Å². The number of thioether (sulfide) groups is 1. The number of carbonyl (C=O) groups excluding carboxylic acids is 1. The van der Waals surface area contributed by atoms with Gasteiger partial charge in [-0.05, 0) is 24.6 Å². The number of hydrogen-bond acceptors (Lipinski definition) is 5. The minimum Gasteiger partial charge on any atom is -0.310 e. The smallest absolute Gasteiger partial charge is 0.251 e. The summed E-state index contributed by atoms with van der Waals surface area (Å²) in [5, 5.41) is 0.371. The molecule has 1 aliphatic rings. The summed E-state index contributed by atoms with van der Waals surface area (Å²) in [5.41, 5.74) is 0.406. The molecule has 2 aromatic rings. The Labute approximate surface area is 169 Å². The summed E-state index contributed by atoms with van der Waals surface area (Å²) in [4.78, 5) is 28.0. The van der Waals surface area contributed by atoms with Crippen molar-refractivity contribution in [3.05, 3.63) is 52.9 Å². The van der Waals surface area contributed by atoms with E-state index in [1.165, 1.54) is 32.4 Å². The van der Waals surface area contributed by atoms with Crippen LogP contribution in [0, 0.1) is 0 Å². The van der Waals surface area contributed by atoms with Crippen LogP contribution in [-0.2, 0) is 21.4 Å². The van der Waals surface area contributed by atoms with Gasteiger partial charge in [-0.25, -0.2) is 12.7 Å². The topological polar surface area (TPSA) is 79.7 Å². The minimum atomic E-state index is -3.69. The van der Waals surface area contributed by atoms with E-state index in [0.29, 0.717) is 11.8 Å². The van der Waals surface area contributed by atoms with Crippen molar-refractivity contribution in [2.24, 2.45) is 0 Å². The average molecular weight is 422 g/mol. The zero-order chi connectivity index (χ0) is 20.5. The highest BCUT2D eigenvalue weighted by atomic mass is 32.2. The second kappa shape index (κ2) is 8.10. The van der Waals surface area contributed by atoms with E-state index in [1.807, 2.05) is 24.3 Å². The Morgan fingerprint density at radius 3 is 2.64 bits per heavy atom. The first-order chi connectivity index (χ1) is 13.2. The van der Waals surface area contributed by atoms with Gasteiger partial charge >= 0.3 is 0 Å². The van der Waals surface area contributed by atoms with Gasteiger partial charge < -0.3 is 9.47 Å². The highest BCUT2D eigenvalue weighted by molar-refractivity contribution is 8.00. The van der Waals surface area contributed by atoms with Gasteiger partial charge in [-0.15, -0.1) is 11.8 Å². The van der Waals surface area contributed by atoms with Crippen LogP contribution in [0.15, 0.2) is 57.2 Å². The molecule has 150 valence electrons. The molecule has 1 aromatic carbocycles. The van der Waals surface area contributed by atoms with E-state index in [1.54, 1.807) is 16.7 Å². The molecule has 0 N–H and O–H groups in total. The standard InChI is InChI=1S/C19H23N3O4S2/c1-14-10-11-22(16-6-4-5-7-17(16)27-14)19(24)13-21-12-15(8-9-18(21)23)28(25,26)20(2)3/h4-9,12,14H,10-11,13H2,1-3H3/t14-/m0/s1. The third-order valence-electron chi connectivity index (χ3n) is 4.59. The summed E-state index contributed by atoms with van der Waals surface area (Å²) in [7, 11) is -0.854. The molecule has 0 saturated heterocycles. The molecule has 7 nitrogen and oxygen atoms in total. The lowest BCUT2D eigenvalue weighted by Crippen LogP contribution is -2.37. The number of sulfonamides is 1. The van der Waals surface area contributed by atoms with Crippen LogP contribution in [0.4, 0.5) is 5.69 Å². The Morgan fingerprint density at radius 2 is 1.93 bits per heavy atom. The van der Waals surface area contributed by atoms with Crippen LogP contribution in [0.2, 0.25) is 0 Å². The lowest BCUT2D eigenvalue weighted by molar-refractivity contribution is -0.119. The molecule has 0 radical (unpaired) electrons. The van der Waals surface area contributed by atoms with Crippen molar-refractivity contribution in [1.82, 2.24) is 8.87 Å². The number of pyridine rings is 1. The first-order valence-electron chi connectivity index (χ1n) is 8.89. The zero-order valence-electron chi connectivity index (χ0n) is 16.0. The van der Waals surface area contributed by atoms with E-state index < -0.39 is 15.6 Å². The predicted molar refractivity (Wildman–Crippen MR) is 110 cm³/mol. The van der Waals surface area contributed by atoms with Crippen molar-refractivity contribution in [2.45, 2.75) is 34.9 Å². The molecule has 1 atom stereocenters. The molecule has 0 bridgehead atoms. The number of fused-ring (bicyclic) bond motifs is 1. The fourth-order valence-corrected chi connectivity index (χ4v) is 5.01. The number of rotatable bonds is 4. The van der Waals surface area contributed by atoms with E-state index in [-0.39, 0.29) is 17.3 Å². The number of benzene rings is 1. The van der Waals surface area contributed by atoms with Gasteiger partial charge in [0.25, 0.3) is 5.56 Å². The molecule has 0 spiro atoms. The summed E-state index contributed by atoms with van der Waals surface area (Å²) >= 11 is 1.73. The summed E-state index contributed by atoms with van der Waals surface area (Å²) in [6, 6.07) is 10.1. The van der Waals surface area contributed by atoms with E-state index in [2.05, 4.69) is 6.92 Å². The molecule has 1 aliphatic heterocycles. The maximum absolute atomic E-state index is 13.0. The Bertz CT molecular complexity index is 1050. The SMILES string of the molecule is C[C@H]1CCN(C(=O)Cn2cc(S(=O)(=O)N(C)C)ccc2=O)c2ccccc2S1. The molecule has 1 amide bonds. The number of para-hydroxylation sites is 1. The van der Waals surface area contributed by atoms with Gasteiger partial charge in [-0.3, -0.25) is 9.59 Å². The Kier molecular flexibility index (Phi) is 5.97. The lowest BCUT2D eigenvalue weighted by Gasteiger charge is -2.23. The first kappa shape index (κ1) is 20.6. The van der Waals surface area contributed by atoms with E-state index in [9.17, 15) is 18.0 Å². The predicted octanol–water partition coefficient (Wildman–Crippen LogP) is 2.02. The van der Waals surface area contributed by atoms with Crippen LogP contribution in [0.25, 0.3) is 0 Å². The Balaban J connectivity index is 1.93. The van der Waals surface area contributed by atoms with Crippen LogP contribution in [0.1, 0.15) is 13.3 Å². The molecule has 1 aromatic heterocycles. The van der Waals surface area contributed by atoms with Crippen LogP contribution in [0.3, 0.4) is 0 Å². The van der Waals surface area contributed by atoms with Crippen molar-refractivity contribution < 1.29 is 13.2 Å². The molecule has 3 rings (SSSR count). The van der Waals surface area contributed by atoms with Crippen molar-refractivity contribution in [3.8, 4) is 0 Å². The number of amides is 1. The number of hydrogen-bond donors (Lipinski definition) is 0. The summed E-state index contributed by atoms with van der Waals surface area (Å²) in [6.07, 6.45) is 2.06. The first-order valence-corrected chi connectivity index (χ1v) is 11.2. The highest BCUT2D eigenvalue weighted by Gasteiger charge is 2.25. The molecule has 2 heterocycles. The second-order valence-electron chi connectivity index (χ2n) is 6.85. The van der Waals surface area contributed by atoms with Crippen LogP contribution in [0.5, 0.6) is 0 Å². The summed E-state index contributed by atoms with van der Waals surface area (Å²) < 4.78 is 26.9. The lowest BCUT2D eigenvalue weighted by atomic mass is 10.2. The van der Waals surface area contributed by atoms with E-state index >= 15 is 0 Å². The zero-order valence-corrected chi connectivity index (χ0v) is 17.7. The third-order valence-corrected chi connectivity index (χ3v) is 7.62. The number of carbonyl (C=O) groups is 1. The monoisotopic (exact) mass is 421 g/mol. The Morgan fingerprint density at radius 1 is 1.21 bits per heavy atom. The fraction of sp³-hybridized carbons (Fsp3) is 0.368. The van der Waals surface area contributed by atoms with Crippen LogP contribution < -0.4 is 10.5 Å². The molecule has 0 unspecified atom stereocenters. The van der Waals surface area contributed by atoms with Gasteiger partial charge in [0.15, 0.2) is 0 Å². The molecule has 0 fully saturated rings. The van der Waals surface area contributed by atoms with Gasteiger partial charge in [0.1, 0.15) is 6.54 Å². The van der Waals surface area contributed by atoms with Gasteiger partial charge in [0.2, 0.25) is 15.9 Å². The van der Waals surface area contributed by atoms with Crippen molar-refractivity contribution in [1.29, 1.82) is 0 Å². The largest absolute Gasteiger partial charge is 0.310 e. The van der Waals surface area contributed by atoms with Gasteiger partial charge in [-0.1, -0.05) is 19.1 Å². The molecular weight excluding hydrogens is 398 g/mol. The fourth-order valence-electron chi connectivity index (χ4n) is 2.97. The van der Waals surface area contributed by atoms with Crippen molar-refractivity contribution >= 4 is 33.4 Å². The average Bonchev–Trinajstić information content (AvgIpc) is 2.81. The quantitative estimate of drug-likeness (QED) is 0.755. The maximum atomic E-state index is 13.0. The second-order valence-corrected chi connectivity index (χ2v) is 10.5. The van der Waals surface area contributed by atoms with Crippen molar-refractivity contribution in [3.63, 3.8) is 0 Å². The molecule has 9 heteroatoms. The molecule has 0 saturated carbocycles. The third kappa shape index (κ3) is 4.16. The highest BCUT2D eigenvalue weighted by Crippen LogP contribution is 2.37. The number of aromatic nitrogens is 1. The normalized spacial score (nSPS) is 17.3. The minimum absolute atomic E-state index is 0.0228. The van der Waals surface area contributed by atoms with Gasteiger partial charge in [0, 0.05) is 43.0 Å². The van der Waals surface area contributed by atoms with E-state index in [0.717, 1.165) is 25.9 Å². The Hall–Kier alpha value is -2.10. The molecular formula is C19H23N3O4S2. The van der Waals surface area contributed by atoms with Crippen LogP contribution >= 0.6 is 11.8 Å². The van der Waals surface area contributed by atoms with Crippen LogP contribution in [-0.4, -0.2) is 49.1 Å². The summed E-state index contributed by atoms with van der Waals surface area (Å²) in [5.74, 6) is -0.247. The van der Waals surface area contributed by atoms with Gasteiger partial charge in [0.05, 0.1) is 10.6 Å². The van der Waals surface area contributed by atoms with Gasteiger partial charge in [-0.2, -0.15) is 0 Å².